The second-order valence-corrected chi connectivity index (χ2v) is 9.21. The highest BCUT2D eigenvalue weighted by Crippen LogP contribution is 2.48. The Kier molecular flexibility index (Phi) is 7.51. The Hall–Kier alpha value is -1.81. The minimum absolute atomic E-state index is 0.0437. The molecule has 1 atom stereocenters. The first kappa shape index (κ1) is 23.8. The number of hydrogen-bond acceptors (Lipinski definition) is 5. The molecule has 1 unspecified atom stereocenters. The molecule has 0 fully saturated rings. The van der Waals surface area contributed by atoms with E-state index in [4.69, 9.17) is 4.74 Å². The first-order valence-corrected chi connectivity index (χ1v) is 12.0. The molecule has 164 valence electrons. The molecule has 1 heterocycles. The molecule has 0 saturated carbocycles. The highest BCUT2D eigenvalue weighted by Gasteiger charge is 2.37. The lowest BCUT2D eigenvalue weighted by Gasteiger charge is -2.13. The van der Waals surface area contributed by atoms with Gasteiger partial charge in [0, 0.05) is 14.9 Å². The SMILES string of the molecule is CCOC(=O)c1c(-c2ccccc2C(F)(F)F)sc(C(O)c2ccc(Br)cc2)c1SC. The average molecular weight is 531 g/mol. The Morgan fingerprint density at radius 3 is 2.42 bits per heavy atom. The summed E-state index contributed by atoms with van der Waals surface area (Å²) in [7, 11) is 0. The summed E-state index contributed by atoms with van der Waals surface area (Å²) >= 11 is 5.50. The zero-order valence-corrected chi connectivity index (χ0v) is 19.7. The van der Waals surface area contributed by atoms with Crippen molar-refractivity contribution in [3.05, 3.63) is 74.6 Å². The van der Waals surface area contributed by atoms with E-state index in [1.807, 2.05) is 0 Å². The summed E-state index contributed by atoms with van der Waals surface area (Å²) in [5, 5.41) is 11.0. The number of halogens is 4. The third kappa shape index (κ3) is 5.00. The number of alkyl halides is 3. The number of ether oxygens (including phenoxy) is 1. The van der Waals surface area contributed by atoms with Gasteiger partial charge in [0.2, 0.25) is 0 Å². The van der Waals surface area contributed by atoms with Crippen LogP contribution in [-0.4, -0.2) is 23.9 Å². The summed E-state index contributed by atoms with van der Waals surface area (Å²) in [5.74, 6) is -0.718. The third-order valence-corrected chi connectivity index (χ3v) is 7.25. The lowest BCUT2D eigenvalue weighted by atomic mass is 10.0. The fourth-order valence-electron chi connectivity index (χ4n) is 3.12. The van der Waals surface area contributed by atoms with Crippen molar-refractivity contribution in [1.29, 1.82) is 0 Å². The zero-order valence-electron chi connectivity index (χ0n) is 16.5. The number of thiophene rings is 1. The molecule has 0 spiro atoms. The van der Waals surface area contributed by atoms with E-state index in [9.17, 15) is 23.1 Å². The summed E-state index contributed by atoms with van der Waals surface area (Å²) in [6, 6.07) is 12.1. The number of aliphatic hydroxyl groups excluding tert-OH is 1. The van der Waals surface area contributed by atoms with Gasteiger partial charge in [0.15, 0.2) is 0 Å². The van der Waals surface area contributed by atoms with Crippen molar-refractivity contribution in [3.8, 4) is 10.4 Å². The molecular formula is C22H18BrF3O3S2. The third-order valence-electron chi connectivity index (χ3n) is 4.48. The fraction of sp³-hybridized carbons (Fsp3) is 0.227. The summed E-state index contributed by atoms with van der Waals surface area (Å²) in [5.41, 5.74) is -0.361. The molecular weight excluding hydrogens is 513 g/mol. The van der Waals surface area contributed by atoms with E-state index in [1.165, 1.54) is 30.0 Å². The Labute approximate surface area is 194 Å². The number of hydrogen-bond donors (Lipinski definition) is 1. The quantitative estimate of drug-likeness (QED) is 0.271. The van der Waals surface area contributed by atoms with Crippen LogP contribution >= 0.6 is 39.0 Å². The average Bonchev–Trinajstić information content (AvgIpc) is 3.13. The maximum Gasteiger partial charge on any atom is 0.417 e. The van der Waals surface area contributed by atoms with Crippen LogP contribution in [0.25, 0.3) is 10.4 Å². The molecule has 9 heteroatoms. The highest BCUT2D eigenvalue weighted by molar-refractivity contribution is 9.10. The predicted molar refractivity (Wildman–Crippen MR) is 121 cm³/mol. The van der Waals surface area contributed by atoms with Crippen LogP contribution in [0.4, 0.5) is 13.2 Å². The molecule has 0 aliphatic rings. The number of rotatable bonds is 6. The molecule has 3 nitrogen and oxygen atoms in total. The zero-order chi connectivity index (χ0) is 22.8. The highest BCUT2D eigenvalue weighted by atomic mass is 79.9. The molecule has 31 heavy (non-hydrogen) atoms. The molecule has 0 radical (unpaired) electrons. The smallest absolute Gasteiger partial charge is 0.417 e. The van der Waals surface area contributed by atoms with Gasteiger partial charge in [-0.1, -0.05) is 46.3 Å². The van der Waals surface area contributed by atoms with Gasteiger partial charge in [0.25, 0.3) is 0 Å². The normalized spacial score (nSPS) is 12.6. The minimum atomic E-state index is -4.60. The summed E-state index contributed by atoms with van der Waals surface area (Å²) in [4.78, 5) is 13.7. The molecule has 0 aliphatic heterocycles. The number of carbonyl (C=O) groups is 1. The summed E-state index contributed by atoms with van der Waals surface area (Å²) < 4.78 is 47.1. The van der Waals surface area contributed by atoms with Crippen LogP contribution in [0.2, 0.25) is 0 Å². The largest absolute Gasteiger partial charge is 0.462 e. The monoisotopic (exact) mass is 530 g/mol. The van der Waals surface area contributed by atoms with Crippen molar-refractivity contribution in [2.75, 3.05) is 12.9 Å². The Bertz CT molecular complexity index is 1080. The molecule has 0 aliphatic carbocycles. The maximum atomic E-state index is 13.7. The van der Waals surface area contributed by atoms with Gasteiger partial charge in [-0.3, -0.25) is 0 Å². The molecule has 0 saturated heterocycles. The van der Waals surface area contributed by atoms with Crippen molar-refractivity contribution < 1.29 is 27.8 Å². The van der Waals surface area contributed by atoms with Crippen molar-refractivity contribution in [3.63, 3.8) is 0 Å². The minimum Gasteiger partial charge on any atom is -0.462 e. The van der Waals surface area contributed by atoms with Crippen molar-refractivity contribution in [2.24, 2.45) is 0 Å². The van der Waals surface area contributed by atoms with E-state index >= 15 is 0 Å². The van der Waals surface area contributed by atoms with Crippen LogP contribution < -0.4 is 0 Å². The second-order valence-electron chi connectivity index (χ2n) is 6.42. The van der Waals surface area contributed by atoms with Crippen LogP contribution in [0, 0.1) is 0 Å². The van der Waals surface area contributed by atoms with E-state index in [0.717, 1.165) is 21.9 Å². The van der Waals surface area contributed by atoms with Crippen LogP contribution in [0.5, 0.6) is 0 Å². The van der Waals surface area contributed by atoms with Gasteiger partial charge in [-0.15, -0.1) is 23.1 Å². The predicted octanol–water partition coefficient (Wildman–Crippen LogP) is 7.18. The Morgan fingerprint density at radius 2 is 1.84 bits per heavy atom. The van der Waals surface area contributed by atoms with E-state index in [1.54, 1.807) is 37.4 Å². The summed E-state index contributed by atoms with van der Waals surface area (Å²) in [6.07, 6.45) is -4.00. The van der Waals surface area contributed by atoms with Gasteiger partial charge in [-0.2, -0.15) is 13.2 Å². The molecule has 1 N–H and O–H groups in total. The fourth-order valence-corrected chi connectivity index (χ4v) is 5.76. The first-order chi connectivity index (χ1) is 14.7. The molecule has 3 aromatic rings. The van der Waals surface area contributed by atoms with E-state index < -0.39 is 23.8 Å². The number of esters is 1. The van der Waals surface area contributed by atoms with Crippen molar-refractivity contribution in [2.45, 2.75) is 24.1 Å². The van der Waals surface area contributed by atoms with Gasteiger partial charge < -0.3 is 9.84 Å². The second kappa shape index (κ2) is 9.77. The van der Waals surface area contributed by atoms with Crippen LogP contribution in [-0.2, 0) is 10.9 Å². The van der Waals surface area contributed by atoms with Crippen molar-refractivity contribution in [1.82, 2.24) is 0 Å². The molecule has 3 rings (SSSR count). The molecule has 0 amide bonds. The lowest BCUT2D eigenvalue weighted by Crippen LogP contribution is -2.10. The first-order valence-electron chi connectivity index (χ1n) is 9.16. The van der Waals surface area contributed by atoms with Crippen LogP contribution in [0.3, 0.4) is 0 Å². The van der Waals surface area contributed by atoms with Crippen LogP contribution in [0.1, 0.15) is 39.4 Å². The van der Waals surface area contributed by atoms with Crippen molar-refractivity contribution >= 4 is 45.0 Å². The van der Waals surface area contributed by atoms with E-state index in [-0.39, 0.29) is 22.6 Å². The number of thioether (sulfide) groups is 1. The van der Waals surface area contributed by atoms with Crippen LogP contribution in [0.15, 0.2) is 57.9 Å². The molecule has 0 bridgehead atoms. The lowest BCUT2D eigenvalue weighted by molar-refractivity contribution is -0.137. The van der Waals surface area contributed by atoms with Gasteiger partial charge in [0.05, 0.1) is 27.5 Å². The van der Waals surface area contributed by atoms with E-state index in [2.05, 4.69) is 15.9 Å². The van der Waals surface area contributed by atoms with Gasteiger partial charge in [-0.25, -0.2) is 4.79 Å². The van der Waals surface area contributed by atoms with Gasteiger partial charge in [-0.05, 0) is 36.9 Å². The molecule has 2 aromatic carbocycles. The van der Waals surface area contributed by atoms with E-state index in [0.29, 0.717) is 15.3 Å². The Balaban J connectivity index is 2.27. The Morgan fingerprint density at radius 1 is 1.19 bits per heavy atom. The topological polar surface area (TPSA) is 46.5 Å². The molecule has 1 aromatic heterocycles. The number of aliphatic hydroxyl groups is 1. The van der Waals surface area contributed by atoms with Gasteiger partial charge in [0.1, 0.15) is 6.10 Å². The van der Waals surface area contributed by atoms with Gasteiger partial charge >= 0.3 is 12.1 Å². The number of benzene rings is 2. The maximum absolute atomic E-state index is 13.7. The number of carbonyl (C=O) groups excluding carboxylic acids is 1. The summed E-state index contributed by atoms with van der Waals surface area (Å²) in [6.45, 7) is 1.71. The standard InChI is InChI=1S/C22H18BrF3O3S2/c1-3-29-21(28)16-18(14-6-4-5-7-15(14)22(24,25)26)31-20(19(16)30-2)17(27)12-8-10-13(23)11-9-12/h4-11,17,27H,3H2,1-2H3.